The Morgan fingerprint density at radius 1 is 1.03 bits per heavy atom. The lowest BCUT2D eigenvalue weighted by atomic mass is 10.1. The summed E-state index contributed by atoms with van der Waals surface area (Å²) in [7, 11) is 3.26. The van der Waals surface area contributed by atoms with Crippen LogP contribution in [-0.2, 0) is 13.0 Å². The van der Waals surface area contributed by atoms with E-state index in [1.165, 1.54) is 4.88 Å². The number of allylic oxidation sites excluding steroid dienone is 1. The standard InChI is InChI=1S/C25H25BrO4S/c1-4-5-24-21(26)15-25(31-24)22(27)12-6-17-7-13-23(29-3)18(14-17)16-30-20-10-8-19(28-2)9-11-20/h6-15H,4-5,16H2,1-3H3/b12-6+. The molecule has 3 rings (SSSR count). The van der Waals surface area contributed by atoms with E-state index in [1.54, 1.807) is 31.6 Å². The van der Waals surface area contributed by atoms with Crippen LogP contribution in [-0.4, -0.2) is 20.0 Å². The lowest BCUT2D eigenvalue weighted by Crippen LogP contribution is -1.99. The molecule has 0 N–H and O–H groups in total. The minimum atomic E-state index is -0.0000889. The second-order valence-electron chi connectivity index (χ2n) is 6.86. The van der Waals surface area contributed by atoms with Gasteiger partial charge in [0.1, 0.15) is 23.9 Å². The summed E-state index contributed by atoms with van der Waals surface area (Å²) in [6.45, 7) is 2.48. The molecule has 0 saturated heterocycles. The number of halogens is 1. The summed E-state index contributed by atoms with van der Waals surface area (Å²) in [4.78, 5) is 14.6. The molecule has 0 spiro atoms. The average Bonchev–Trinajstić information content (AvgIpc) is 3.17. The van der Waals surface area contributed by atoms with Crippen molar-refractivity contribution in [2.75, 3.05) is 14.2 Å². The van der Waals surface area contributed by atoms with Crippen molar-refractivity contribution in [1.29, 1.82) is 0 Å². The van der Waals surface area contributed by atoms with Crippen molar-refractivity contribution in [2.45, 2.75) is 26.4 Å². The van der Waals surface area contributed by atoms with Gasteiger partial charge in [0.05, 0.1) is 19.1 Å². The third kappa shape index (κ3) is 6.21. The number of hydrogen-bond donors (Lipinski definition) is 0. The van der Waals surface area contributed by atoms with Gasteiger partial charge in [0.2, 0.25) is 0 Å². The first-order chi connectivity index (χ1) is 15.0. The van der Waals surface area contributed by atoms with Crippen LogP contribution in [0.15, 0.2) is 59.1 Å². The molecule has 0 aliphatic heterocycles. The van der Waals surface area contributed by atoms with Gasteiger partial charge in [-0.2, -0.15) is 0 Å². The van der Waals surface area contributed by atoms with Crippen LogP contribution >= 0.6 is 27.3 Å². The lowest BCUT2D eigenvalue weighted by molar-refractivity contribution is 0.105. The van der Waals surface area contributed by atoms with Crippen molar-refractivity contribution in [3.05, 3.63) is 80.0 Å². The quantitative estimate of drug-likeness (QED) is 0.223. The molecule has 3 aromatic rings. The van der Waals surface area contributed by atoms with Gasteiger partial charge in [0.25, 0.3) is 0 Å². The number of thiophene rings is 1. The van der Waals surface area contributed by atoms with Crippen molar-refractivity contribution in [3.8, 4) is 17.2 Å². The van der Waals surface area contributed by atoms with Gasteiger partial charge in [-0.1, -0.05) is 25.5 Å². The highest BCUT2D eigenvalue weighted by atomic mass is 79.9. The van der Waals surface area contributed by atoms with E-state index >= 15 is 0 Å². The molecule has 0 aliphatic rings. The Balaban J connectivity index is 1.71. The molecule has 0 amide bonds. The Hall–Kier alpha value is -2.57. The molecule has 31 heavy (non-hydrogen) atoms. The number of carbonyl (C=O) groups excluding carboxylic acids is 1. The fourth-order valence-corrected chi connectivity index (χ4v) is 4.92. The van der Waals surface area contributed by atoms with Crippen LogP contribution in [0.1, 0.15) is 39.0 Å². The summed E-state index contributed by atoms with van der Waals surface area (Å²) in [6, 6.07) is 15.1. The topological polar surface area (TPSA) is 44.8 Å². The Labute approximate surface area is 195 Å². The molecule has 0 bridgehead atoms. The van der Waals surface area contributed by atoms with Crippen molar-refractivity contribution >= 4 is 39.1 Å². The average molecular weight is 501 g/mol. The van der Waals surface area contributed by atoms with Crippen molar-refractivity contribution in [1.82, 2.24) is 0 Å². The molecule has 4 nitrogen and oxygen atoms in total. The zero-order chi connectivity index (χ0) is 22.2. The molecule has 0 unspecified atom stereocenters. The van der Waals surface area contributed by atoms with E-state index in [0.29, 0.717) is 6.61 Å². The Morgan fingerprint density at radius 3 is 2.45 bits per heavy atom. The molecule has 6 heteroatoms. The Morgan fingerprint density at radius 2 is 1.77 bits per heavy atom. The maximum atomic E-state index is 12.6. The van der Waals surface area contributed by atoms with Crippen molar-refractivity contribution < 1.29 is 19.0 Å². The third-order valence-electron chi connectivity index (χ3n) is 4.66. The maximum Gasteiger partial charge on any atom is 0.195 e. The van der Waals surface area contributed by atoms with E-state index in [9.17, 15) is 4.79 Å². The first-order valence-electron chi connectivity index (χ1n) is 9.98. The molecule has 0 saturated carbocycles. The maximum absolute atomic E-state index is 12.6. The SMILES string of the molecule is CCCc1sc(C(=O)/C=C/c2ccc(OC)c(COc3ccc(OC)cc3)c2)cc1Br. The van der Waals surface area contributed by atoms with Crippen LogP contribution in [0.25, 0.3) is 6.08 Å². The van der Waals surface area contributed by atoms with Gasteiger partial charge in [-0.3, -0.25) is 4.79 Å². The van der Waals surface area contributed by atoms with Crippen LogP contribution < -0.4 is 14.2 Å². The van der Waals surface area contributed by atoms with E-state index in [-0.39, 0.29) is 5.78 Å². The predicted molar refractivity (Wildman–Crippen MR) is 130 cm³/mol. The van der Waals surface area contributed by atoms with Gasteiger partial charge in [0, 0.05) is 14.9 Å². The van der Waals surface area contributed by atoms with Crippen molar-refractivity contribution in [2.24, 2.45) is 0 Å². The van der Waals surface area contributed by atoms with Crippen molar-refractivity contribution in [3.63, 3.8) is 0 Å². The Kier molecular flexibility index (Phi) is 8.32. The summed E-state index contributed by atoms with van der Waals surface area (Å²) in [6.07, 6.45) is 5.46. The molecule has 1 aromatic heterocycles. The number of aryl methyl sites for hydroxylation is 1. The summed E-state index contributed by atoms with van der Waals surface area (Å²) >= 11 is 5.10. The molecule has 0 fully saturated rings. The van der Waals surface area contributed by atoms with E-state index < -0.39 is 0 Å². The second-order valence-corrected chi connectivity index (χ2v) is 8.86. The van der Waals surface area contributed by atoms with Gasteiger partial charge in [-0.05, 0) is 76.5 Å². The second kappa shape index (κ2) is 11.2. The number of ether oxygens (including phenoxy) is 3. The molecule has 1 heterocycles. The molecule has 0 radical (unpaired) electrons. The molecule has 0 atom stereocenters. The number of carbonyl (C=O) groups is 1. The van der Waals surface area contributed by atoms with Gasteiger partial charge < -0.3 is 14.2 Å². The van der Waals surface area contributed by atoms with Crippen LogP contribution in [0.4, 0.5) is 0 Å². The number of rotatable bonds is 10. The first kappa shape index (κ1) is 23.1. The highest BCUT2D eigenvalue weighted by Gasteiger charge is 2.11. The fraction of sp³-hybridized carbons (Fsp3) is 0.240. The zero-order valence-corrected chi connectivity index (χ0v) is 20.2. The number of hydrogen-bond acceptors (Lipinski definition) is 5. The van der Waals surface area contributed by atoms with Gasteiger partial charge in [-0.25, -0.2) is 0 Å². The molecule has 0 aliphatic carbocycles. The molecule has 2 aromatic carbocycles. The zero-order valence-electron chi connectivity index (χ0n) is 17.8. The number of methoxy groups -OCH3 is 2. The summed E-state index contributed by atoms with van der Waals surface area (Å²) < 4.78 is 17.5. The predicted octanol–water partition coefficient (Wildman–Crippen LogP) is 6.96. The van der Waals surface area contributed by atoms with Crippen LogP contribution in [0, 0.1) is 0 Å². The van der Waals surface area contributed by atoms with E-state index in [2.05, 4.69) is 22.9 Å². The van der Waals surface area contributed by atoms with E-state index in [4.69, 9.17) is 14.2 Å². The van der Waals surface area contributed by atoms with Crippen LogP contribution in [0.2, 0.25) is 0 Å². The highest BCUT2D eigenvalue weighted by Crippen LogP contribution is 2.29. The lowest BCUT2D eigenvalue weighted by Gasteiger charge is -2.11. The van der Waals surface area contributed by atoms with Gasteiger partial charge in [0.15, 0.2) is 5.78 Å². The number of benzene rings is 2. The third-order valence-corrected chi connectivity index (χ3v) is 6.84. The van der Waals surface area contributed by atoms with E-state index in [0.717, 1.165) is 50.6 Å². The molecular weight excluding hydrogens is 476 g/mol. The molecular formula is C25H25BrO4S. The fourth-order valence-electron chi connectivity index (χ4n) is 3.03. The number of ketones is 1. The highest BCUT2D eigenvalue weighted by molar-refractivity contribution is 9.10. The minimum absolute atomic E-state index is 0.0000889. The van der Waals surface area contributed by atoms with Gasteiger partial charge in [-0.15, -0.1) is 11.3 Å². The molecule has 162 valence electrons. The van der Waals surface area contributed by atoms with Gasteiger partial charge >= 0.3 is 0 Å². The smallest absolute Gasteiger partial charge is 0.195 e. The largest absolute Gasteiger partial charge is 0.497 e. The van der Waals surface area contributed by atoms with E-state index in [1.807, 2.05) is 54.6 Å². The van der Waals surface area contributed by atoms with Crippen LogP contribution in [0.5, 0.6) is 17.2 Å². The van der Waals surface area contributed by atoms with Crippen LogP contribution in [0.3, 0.4) is 0 Å². The normalized spacial score (nSPS) is 11.0. The summed E-state index contributed by atoms with van der Waals surface area (Å²) in [5, 5.41) is 0. The summed E-state index contributed by atoms with van der Waals surface area (Å²) in [5.74, 6) is 2.26. The summed E-state index contributed by atoms with van der Waals surface area (Å²) in [5.41, 5.74) is 1.81. The Bertz CT molecular complexity index is 1050. The first-order valence-corrected chi connectivity index (χ1v) is 11.6. The monoisotopic (exact) mass is 500 g/mol. The minimum Gasteiger partial charge on any atom is -0.497 e.